The van der Waals surface area contributed by atoms with Gasteiger partial charge in [0.15, 0.2) is 0 Å². The maximum atomic E-state index is 6.17. The fourth-order valence-electron chi connectivity index (χ4n) is 2.77. The Bertz CT molecular complexity index is 725. The minimum Gasteiger partial charge on any atom is -0.308 e. The third kappa shape index (κ3) is 3.71. The van der Waals surface area contributed by atoms with Crippen molar-refractivity contribution in [3.05, 3.63) is 63.9 Å². The highest BCUT2D eigenvalue weighted by Gasteiger charge is 2.20. The van der Waals surface area contributed by atoms with Gasteiger partial charge >= 0.3 is 0 Å². The SMILES string of the molecule is CN(C)CCN/N=C1/c2ccc(Cl)cc2CCc2cccnc21. The van der Waals surface area contributed by atoms with Crippen LogP contribution in [0.25, 0.3) is 0 Å². The number of hydrazone groups is 1. The van der Waals surface area contributed by atoms with E-state index in [4.69, 9.17) is 11.6 Å². The first-order chi connectivity index (χ1) is 11.1. The molecular formula is C18H21ClN4. The van der Waals surface area contributed by atoms with Gasteiger partial charge < -0.3 is 10.3 Å². The van der Waals surface area contributed by atoms with E-state index in [1.54, 1.807) is 0 Å². The van der Waals surface area contributed by atoms with Crippen molar-refractivity contribution in [2.45, 2.75) is 12.8 Å². The second-order valence-electron chi connectivity index (χ2n) is 5.98. The van der Waals surface area contributed by atoms with E-state index in [-0.39, 0.29) is 0 Å². The molecule has 0 saturated heterocycles. The van der Waals surface area contributed by atoms with Crippen LogP contribution in [0.4, 0.5) is 0 Å². The van der Waals surface area contributed by atoms with Gasteiger partial charge in [-0.15, -0.1) is 0 Å². The number of fused-ring (bicyclic) bond motifs is 2. The Labute approximate surface area is 142 Å². The molecule has 1 aromatic heterocycles. The number of aromatic nitrogens is 1. The summed E-state index contributed by atoms with van der Waals surface area (Å²) in [5.74, 6) is 0. The van der Waals surface area contributed by atoms with Gasteiger partial charge in [0, 0.05) is 29.9 Å². The predicted octanol–water partition coefficient (Wildman–Crippen LogP) is 2.74. The number of hydrogen-bond acceptors (Lipinski definition) is 4. The number of nitrogens with one attached hydrogen (secondary N) is 1. The summed E-state index contributed by atoms with van der Waals surface area (Å²) in [5.41, 5.74) is 8.62. The van der Waals surface area contributed by atoms with Crippen molar-refractivity contribution in [2.24, 2.45) is 5.10 Å². The van der Waals surface area contributed by atoms with Gasteiger partial charge in [0.2, 0.25) is 0 Å². The molecule has 0 fully saturated rings. The first-order valence-electron chi connectivity index (χ1n) is 7.83. The Hall–Kier alpha value is -1.91. The van der Waals surface area contributed by atoms with Crippen molar-refractivity contribution >= 4 is 17.3 Å². The lowest BCUT2D eigenvalue weighted by Gasteiger charge is -2.12. The van der Waals surface area contributed by atoms with Crippen LogP contribution in [0.5, 0.6) is 0 Å². The van der Waals surface area contributed by atoms with Crippen LogP contribution in [-0.2, 0) is 12.8 Å². The Morgan fingerprint density at radius 2 is 2.04 bits per heavy atom. The van der Waals surface area contributed by atoms with Crippen molar-refractivity contribution in [2.75, 3.05) is 27.2 Å². The summed E-state index contributed by atoms with van der Waals surface area (Å²) < 4.78 is 0. The molecule has 0 radical (unpaired) electrons. The van der Waals surface area contributed by atoms with Crippen LogP contribution in [0.2, 0.25) is 5.02 Å². The fraction of sp³-hybridized carbons (Fsp3) is 0.333. The van der Waals surface area contributed by atoms with Crippen molar-refractivity contribution in [1.82, 2.24) is 15.3 Å². The molecule has 3 rings (SSSR count). The van der Waals surface area contributed by atoms with Gasteiger partial charge in [0.25, 0.3) is 0 Å². The molecule has 0 atom stereocenters. The minimum atomic E-state index is 0.766. The molecule has 5 heteroatoms. The van der Waals surface area contributed by atoms with Gasteiger partial charge in [0.1, 0.15) is 5.71 Å². The molecule has 0 bridgehead atoms. The van der Waals surface area contributed by atoms with E-state index in [1.165, 1.54) is 11.1 Å². The van der Waals surface area contributed by atoms with Crippen molar-refractivity contribution in [3.63, 3.8) is 0 Å². The average Bonchev–Trinajstić information content (AvgIpc) is 2.68. The Kier molecular flexibility index (Phi) is 4.94. The number of halogens is 1. The van der Waals surface area contributed by atoms with Crippen LogP contribution in [-0.4, -0.2) is 42.8 Å². The second-order valence-corrected chi connectivity index (χ2v) is 6.42. The van der Waals surface area contributed by atoms with E-state index >= 15 is 0 Å². The van der Waals surface area contributed by atoms with E-state index in [0.29, 0.717) is 0 Å². The number of likely N-dealkylation sites (N-methyl/N-ethyl adjacent to an activating group) is 1. The monoisotopic (exact) mass is 328 g/mol. The molecule has 23 heavy (non-hydrogen) atoms. The Morgan fingerprint density at radius 1 is 1.22 bits per heavy atom. The highest BCUT2D eigenvalue weighted by molar-refractivity contribution is 6.31. The summed E-state index contributed by atoms with van der Waals surface area (Å²) in [5, 5.41) is 5.43. The van der Waals surface area contributed by atoms with Crippen LogP contribution in [0.15, 0.2) is 41.6 Å². The molecule has 2 aromatic rings. The summed E-state index contributed by atoms with van der Waals surface area (Å²) in [6, 6.07) is 10.1. The lowest BCUT2D eigenvalue weighted by Crippen LogP contribution is -2.25. The largest absolute Gasteiger partial charge is 0.308 e. The molecule has 0 amide bonds. The average molecular weight is 329 g/mol. The topological polar surface area (TPSA) is 40.5 Å². The van der Waals surface area contributed by atoms with Crippen LogP contribution in [0.3, 0.4) is 0 Å². The van der Waals surface area contributed by atoms with Crippen LogP contribution in [0, 0.1) is 0 Å². The molecule has 0 unspecified atom stereocenters. The molecule has 4 nitrogen and oxygen atoms in total. The normalized spacial score (nSPS) is 15.2. The summed E-state index contributed by atoms with van der Waals surface area (Å²) in [7, 11) is 4.10. The predicted molar refractivity (Wildman–Crippen MR) is 95.3 cm³/mol. The van der Waals surface area contributed by atoms with Gasteiger partial charge in [-0.2, -0.15) is 5.10 Å². The molecule has 1 aliphatic carbocycles. The number of aryl methyl sites for hydroxylation is 2. The van der Waals surface area contributed by atoms with E-state index in [9.17, 15) is 0 Å². The van der Waals surface area contributed by atoms with Gasteiger partial charge in [0.05, 0.1) is 5.69 Å². The molecule has 0 aliphatic heterocycles. The van der Waals surface area contributed by atoms with E-state index in [1.807, 2.05) is 30.5 Å². The zero-order valence-corrected chi connectivity index (χ0v) is 14.3. The van der Waals surface area contributed by atoms with E-state index in [2.05, 4.69) is 40.6 Å². The van der Waals surface area contributed by atoms with Crippen LogP contribution < -0.4 is 5.43 Å². The quantitative estimate of drug-likeness (QED) is 0.693. The highest BCUT2D eigenvalue weighted by atomic mass is 35.5. The molecule has 1 N–H and O–H groups in total. The molecule has 1 aliphatic rings. The standard InChI is InChI=1S/C18H21ClN4/c1-23(2)11-10-21-22-18-16-8-7-15(19)12-14(16)6-5-13-4-3-9-20-17(13)18/h3-4,7-9,12,21H,5-6,10-11H2,1-2H3/b22-18-. The first kappa shape index (κ1) is 16.0. The molecule has 1 aromatic carbocycles. The second kappa shape index (κ2) is 7.11. The zero-order valence-electron chi connectivity index (χ0n) is 13.5. The maximum absolute atomic E-state index is 6.17. The van der Waals surface area contributed by atoms with Crippen molar-refractivity contribution in [1.29, 1.82) is 0 Å². The minimum absolute atomic E-state index is 0.766. The fourth-order valence-corrected chi connectivity index (χ4v) is 2.97. The lowest BCUT2D eigenvalue weighted by molar-refractivity contribution is 0.403. The van der Waals surface area contributed by atoms with E-state index < -0.39 is 0 Å². The van der Waals surface area contributed by atoms with E-state index in [0.717, 1.165) is 47.9 Å². The molecular weight excluding hydrogens is 308 g/mol. The Balaban J connectivity index is 1.99. The third-order valence-electron chi connectivity index (χ3n) is 3.96. The van der Waals surface area contributed by atoms with Crippen molar-refractivity contribution < 1.29 is 0 Å². The highest BCUT2D eigenvalue weighted by Crippen LogP contribution is 2.26. The third-order valence-corrected chi connectivity index (χ3v) is 4.20. The van der Waals surface area contributed by atoms with Crippen LogP contribution in [0.1, 0.15) is 22.4 Å². The summed E-state index contributed by atoms with van der Waals surface area (Å²) in [6.07, 6.45) is 3.73. The lowest BCUT2D eigenvalue weighted by atomic mass is 10.0. The first-order valence-corrected chi connectivity index (χ1v) is 8.21. The number of pyridine rings is 1. The number of rotatable bonds is 4. The summed E-state index contributed by atoms with van der Waals surface area (Å²) in [6.45, 7) is 1.72. The van der Waals surface area contributed by atoms with Crippen molar-refractivity contribution in [3.8, 4) is 0 Å². The zero-order chi connectivity index (χ0) is 16.2. The molecule has 120 valence electrons. The van der Waals surface area contributed by atoms with Crippen LogP contribution >= 0.6 is 11.6 Å². The van der Waals surface area contributed by atoms with Gasteiger partial charge in [-0.25, -0.2) is 0 Å². The number of hydrogen-bond donors (Lipinski definition) is 1. The van der Waals surface area contributed by atoms with Gasteiger partial charge in [-0.05, 0) is 56.3 Å². The summed E-state index contributed by atoms with van der Waals surface area (Å²) >= 11 is 6.17. The summed E-state index contributed by atoms with van der Waals surface area (Å²) in [4.78, 5) is 6.71. The smallest absolute Gasteiger partial charge is 0.116 e. The molecule has 0 spiro atoms. The van der Waals surface area contributed by atoms with Gasteiger partial charge in [-0.1, -0.05) is 23.7 Å². The maximum Gasteiger partial charge on any atom is 0.116 e. The molecule has 1 heterocycles. The van der Waals surface area contributed by atoms with Gasteiger partial charge in [-0.3, -0.25) is 4.98 Å². The Morgan fingerprint density at radius 3 is 2.87 bits per heavy atom. The number of nitrogens with zero attached hydrogens (tertiary/aromatic N) is 3. The number of benzene rings is 1. The molecule has 0 saturated carbocycles.